The average Bonchev–Trinajstić information content (AvgIpc) is 3.01. The second kappa shape index (κ2) is 5.79. The Morgan fingerprint density at radius 1 is 1.56 bits per heavy atom. The van der Waals surface area contributed by atoms with E-state index < -0.39 is 0 Å². The number of hydrogen-bond donors (Lipinski definition) is 1. The van der Waals surface area contributed by atoms with Crippen molar-refractivity contribution in [3.05, 3.63) is 0 Å². The Morgan fingerprint density at radius 2 is 2.22 bits per heavy atom. The average molecular weight is 275 g/mol. The van der Waals surface area contributed by atoms with E-state index >= 15 is 0 Å². The molecule has 1 saturated carbocycles. The van der Waals surface area contributed by atoms with Crippen molar-refractivity contribution in [1.82, 2.24) is 4.90 Å². The zero-order valence-corrected chi connectivity index (χ0v) is 12.6. The molecule has 1 aliphatic carbocycles. The normalized spacial score (nSPS) is 36.8. The summed E-state index contributed by atoms with van der Waals surface area (Å²) in [6.45, 7) is 8.31. The first-order valence-corrected chi connectivity index (χ1v) is 7.02. The number of halogens is 1. The van der Waals surface area contributed by atoms with Crippen LogP contribution in [0.25, 0.3) is 0 Å². The van der Waals surface area contributed by atoms with Gasteiger partial charge in [-0.25, -0.2) is 0 Å². The fourth-order valence-electron chi connectivity index (χ4n) is 3.04. The highest BCUT2D eigenvalue weighted by Gasteiger charge is 2.54. The van der Waals surface area contributed by atoms with Gasteiger partial charge >= 0.3 is 0 Å². The highest BCUT2D eigenvalue weighted by atomic mass is 35.5. The van der Waals surface area contributed by atoms with Crippen molar-refractivity contribution >= 4 is 18.3 Å². The Bertz CT molecular complexity index is 308. The van der Waals surface area contributed by atoms with E-state index in [1.165, 1.54) is 6.42 Å². The van der Waals surface area contributed by atoms with Crippen LogP contribution in [0.4, 0.5) is 0 Å². The second-order valence-electron chi connectivity index (χ2n) is 6.31. The summed E-state index contributed by atoms with van der Waals surface area (Å²) in [5.41, 5.74) is 6.25. The molecule has 1 amide bonds. The van der Waals surface area contributed by atoms with Gasteiger partial charge in [-0.2, -0.15) is 0 Å². The summed E-state index contributed by atoms with van der Waals surface area (Å²) in [6, 6.07) is 0.211. The molecule has 18 heavy (non-hydrogen) atoms. The maximum absolute atomic E-state index is 12.4. The Hall–Kier alpha value is -0.280. The van der Waals surface area contributed by atoms with Gasteiger partial charge in [0.1, 0.15) is 0 Å². The lowest BCUT2D eigenvalue weighted by Crippen LogP contribution is -2.46. The van der Waals surface area contributed by atoms with Gasteiger partial charge in [0.15, 0.2) is 0 Å². The van der Waals surface area contributed by atoms with Gasteiger partial charge in [0.05, 0.1) is 0 Å². The molecule has 1 aliphatic heterocycles. The SMILES string of the molecule is CCC1(C)CC1C(=O)N1CCCC(C(C)N)C1.Cl. The molecule has 0 aromatic heterocycles. The molecule has 1 saturated heterocycles. The quantitative estimate of drug-likeness (QED) is 0.859. The van der Waals surface area contributed by atoms with Crippen LogP contribution in [-0.4, -0.2) is 29.9 Å². The van der Waals surface area contributed by atoms with Crippen LogP contribution in [0.3, 0.4) is 0 Å². The highest BCUT2D eigenvalue weighted by molar-refractivity contribution is 5.85. The molecule has 2 fully saturated rings. The second-order valence-corrected chi connectivity index (χ2v) is 6.31. The topological polar surface area (TPSA) is 46.3 Å². The van der Waals surface area contributed by atoms with E-state index in [4.69, 9.17) is 5.73 Å². The van der Waals surface area contributed by atoms with E-state index in [-0.39, 0.29) is 18.4 Å². The number of piperidine rings is 1. The number of hydrogen-bond acceptors (Lipinski definition) is 2. The van der Waals surface area contributed by atoms with Crippen LogP contribution in [0.2, 0.25) is 0 Å². The van der Waals surface area contributed by atoms with E-state index in [9.17, 15) is 4.79 Å². The van der Waals surface area contributed by atoms with Crippen LogP contribution in [0.5, 0.6) is 0 Å². The van der Waals surface area contributed by atoms with Crippen molar-refractivity contribution in [2.24, 2.45) is 23.0 Å². The third-order valence-corrected chi connectivity index (χ3v) is 4.97. The Kier molecular flexibility index (Phi) is 5.07. The molecule has 106 valence electrons. The van der Waals surface area contributed by atoms with Crippen LogP contribution in [-0.2, 0) is 4.79 Å². The molecule has 0 radical (unpaired) electrons. The zero-order valence-electron chi connectivity index (χ0n) is 11.8. The summed E-state index contributed by atoms with van der Waals surface area (Å²) in [4.78, 5) is 14.5. The number of nitrogens with zero attached hydrogens (tertiary/aromatic N) is 1. The van der Waals surface area contributed by atoms with Crippen LogP contribution in [0, 0.1) is 17.3 Å². The molecule has 0 spiro atoms. The van der Waals surface area contributed by atoms with Crippen molar-refractivity contribution in [3.63, 3.8) is 0 Å². The summed E-state index contributed by atoms with van der Waals surface area (Å²) in [7, 11) is 0. The lowest BCUT2D eigenvalue weighted by molar-refractivity contribution is -0.135. The van der Waals surface area contributed by atoms with Gasteiger partial charge in [-0.05, 0) is 43.9 Å². The van der Waals surface area contributed by atoms with E-state index in [1.807, 2.05) is 0 Å². The molecule has 1 heterocycles. The van der Waals surface area contributed by atoms with Crippen LogP contribution < -0.4 is 5.73 Å². The Morgan fingerprint density at radius 3 is 2.72 bits per heavy atom. The van der Waals surface area contributed by atoms with Gasteiger partial charge < -0.3 is 10.6 Å². The summed E-state index contributed by atoms with van der Waals surface area (Å²) in [6.07, 6.45) is 4.50. The van der Waals surface area contributed by atoms with Crippen LogP contribution in [0.1, 0.15) is 46.5 Å². The van der Waals surface area contributed by atoms with Crippen molar-refractivity contribution in [2.45, 2.75) is 52.5 Å². The van der Waals surface area contributed by atoms with Crippen molar-refractivity contribution in [2.75, 3.05) is 13.1 Å². The van der Waals surface area contributed by atoms with Crippen molar-refractivity contribution < 1.29 is 4.79 Å². The summed E-state index contributed by atoms with van der Waals surface area (Å²) in [5, 5.41) is 0. The standard InChI is InChI=1S/C14H26N2O.ClH/c1-4-14(3)8-12(14)13(17)16-7-5-6-11(9-16)10(2)15;/h10-12H,4-9,15H2,1-3H3;1H. The van der Waals surface area contributed by atoms with Crippen LogP contribution in [0.15, 0.2) is 0 Å². The minimum Gasteiger partial charge on any atom is -0.342 e. The molecule has 4 unspecified atom stereocenters. The fourth-order valence-corrected chi connectivity index (χ4v) is 3.04. The van der Waals surface area contributed by atoms with Gasteiger partial charge in [0.25, 0.3) is 0 Å². The number of nitrogens with two attached hydrogens (primary N) is 1. The largest absolute Gasteiger partial charge is 0.342 e. The monoisotopic (exact) mass is 274 g/mol. The molecule has 0 aromatic carbocycles. The molecule has 3 nitrogen and oxygen atoms in total. The summed E-state index contributed by atoms with van der Waals surface area (Å²) < 4.78 is 0. The number of carbonyl (C=O) groups is 1. The highest BCUT2D eigenvalue weighted by Crippen LogP contribution is 2.55. The molecular formula is C14H27ClN2O. The first-order valence-electron chi connectivity index (χ1n) is 7.02. The first-order chi connectivity index (χ1) is 7.98. The minimum atomic E-state index is 0. The third kappa shape index (κ3) is 3.00. The minimum absolute atomic E-state index is 0. The van der Waals surface area contributed by atoms with Gasteiger partial charge in [0, 0.05) is 25.0 Å². The molecule has 2 rings (SSSR count). The predicted octanol–water partition coefficient (Wildman–Crippen LogP) is 2.43. The van der Waals surface area contributed by atoms with Gasteiger partial charge in [-0.15, -0.1) is 12.4 Å². The maximum atomic E-state index is 12.4. The molecule has 2 N–H and O–H groups in total. The maximum Gasteiger partial charge on any atom is 0.226 e. The first kappa shape index (κ1) is 15.8. The molecule has 4 atom stereocenters. The van der Waals surface area contributed by atoms with E-state index in [1.54, 1.807) is 0 Å². The summed E-state index contributed by atoms with van der Waals surface area (Å²) in [5.74, 6) is 1.18. The van der Waals surface area contributed by atoms with E-state index in [2.05, 4.69) is 25.7 Å². The number of carbonyl (C=O) groups excluding carboxylic acids is 1. The van der Waals surface area contributed by atoms with Gasteiger partial charge in [0.2, 0.25) is 5.91 Å². The molecule has 0 aromatic rings. The molecular weight excluding hydrogens is 248 g/mol. The fraction of sp³-hybridized carbons (Fsp3) is 0.929. The lowest BCUT2D eigenvalue weighted by Gasteiger charge is -2.35. The predicted molar refractivity (Wildman–Crippen MR) is 76.7 cm³/mol. The van der Waals surface area contributed by atoms with Crippen LogP contribution >= 0.6 is 12.4 Å². The lowest BCUT2D eigenvalue weighted by atomic mass is 9.91. The van der Waals surface area contributed by atoms with Gasteiger partial charge in [-0.3, -0.25) is 4.79 Å². The van der Waals surface area contributed by atoms with Crippen molar-refractivity contribution in [1.29, 1.82) is 0 Å². The molecule has 4 heteroatoms. The summed E-state index contributed by atoms with van der Waals surface area (Å²) >= 11 is 0. The zero-order chi connectivity index (χ0) is 12.6. The number of rotatable bonds is 3. The van der Waals surface area contributed by atoms with E-state index in [0.29, 0.717) is 23.2 Å². The number of likely N-dealkylation sites (tertiary alicyclic amines) is 1. The number of amides is 1. The smallest absolute Gasteiger partial charge is 0.226 e. The Balaban J connectivity index is 0.00000162. The molecule has 2 aliphatic rings. The third-order valence-electron chi connectivity index (χ3n) is 4.97. The van der Waals surface area contributed by atoms with Crippen molar-refractivity contribution in [3.8, 4) is 0 Å². The Labute approximate surface area is 117 Å². The van der Waals surface area contributed by atoms with Gasteiger partial charge in [-0.1, -0.05) is 13.8 Å². The molecule has 0 bridgehead atoms. The van der Waals surface area contributed by atoms with E-state index in [0.717, 1.165) is 32.4 Å².